The summed E-state index contributed by atoms with van der Waals surface area (Å²) in [6, 6.07) is 9.08. The monoisotopic (exact) mass is 339 g/mol. The van der Waals surface area contributed by atoms with Crippen molar-refractivity contribution in [1.82, 2.24) is 4.57 Å². The van der Waals surface area contributed by atoms with Gasteiger partial charge in [0.1, 0.15) is 0 Å². The summed E-state index contributed by atoms with van der Waals surface area (Å²) < 4.78 is 1.94. The van der Waals surface area contributed by atoms with E-state index in [0.717, 1.165) is 11.0 Å². The van der Waals surface area contributed by atoms with Crippen molar-refractivity contribution in [1.29, 1.82) is 0 Å². The highest BCUT2D eigenvalue weighted by Gasteiger charge is 2.20. The largest absolute Gasteiger partial charge is 0.475 e. The second-order valence-electron chi connectivity index (χ2n) is 5.48. The Morgan fingerprint density at radius 1 is 0.800 bits per heavy atom. The predicted molar refractivity (Wildman–Crippen MR) is 89.1 cm³/mol. The molecule has 1 aromatic heterocycles. The molecule has 0 aliphatic heterocycles. The first-order chi connectivity index (χ1) is 11.8. The number of fused-ring (bicyclic) bond motifs is 3. The van der Waals surface area contributed by atoms with Crippen LogP contribution >= 0.6 is 0 Å². The van der Waals surface area contributed by atoms with Gasteiger partial charge < -0.3 is 14.8 Å². The van der Waals surface area contributed by atoms with Crippen LogP contribution in [-0.4, -0.2) is 38.3 Å². The number of aryl methyl sites for hydroxylation is 1. The van der Waals surface area contributed by atoms with E-state index in [0.29, 0.717) is 17.3 Å². The molecule has 2 aromatic carbocycles. The topological polar surface area (TPSA) is 114 Å². The minimum atomic E-state index is -1.56. The fourth-order valence-electron chi connectivity index (χ4n) is 2.97. The summed E-state index contributed by atoms with van der Waals surface area (Å²) in [6.45, 7) is 2.53. The number of aromatic nitrogens is 1. The summed E-state index contributed by atoms with van der Waals surface area (Å²) in [5.41, 5.74) is 1.56. The lowest BCUT2D eigenvalue weighted by molar-refractivity contribution is -0.132. The Labute approximate surface area is 141 Å². The van der Waals surface area contributed by atoms with Gasteiger partial charge in [-0.25, -0.2) is 9.59 Å². The maximum absolute atomic E-state index is 11.7. The van der Waals surface area contributed by atoms with E-state index in [9.17, 15) is 19.2 Å². The van der Waals surface area contributed by atoms with Gasteiger partial charge >= 0.3 is 11.9 Å². The number of aliphatic carboxylic acids is 2. The van der Waals surface area contributed by atoms with Crippen LogP contribution in [0, 0.1) is 0 Å². The second kappa shape index (κ2) is 5.86. The smallest absolute Gasteiger partial charge is 0.377 e. The van der Waals surface area contributed by atoms with Crippen LogP contribution in [0.2, 0.25) is 0 Å². The Kier molecular flexibility index (Phi) is 3.84. The van der Waals surface area contributed by atoms with Gasteiger partial charge in [0.2, 0.25) is 0 Å². The van der Waals surface area contributed by atoms with Gasteiger partial charge in [-0.1, -0.05) is 0 Å². The number of hydrogen-bond donors (Lipinski definition) is 2. The number of carbonyl (C=O) groups excluding carboxylic acids is 2. The number of Topliss-reactive ketones (excluding diaryl/α,β-unsaturated/α-hetero) is 2. The summed E-state index contributed by atoms with van der Waals surface area (Å²) >= 11 is 0. The van der Waals surface area contributed by atoms with E-state index in [1.807, 2.05) is 11.5 Å². The molecule has 0 aliphatic carbocycles. The van der Waals surface area contributed by atoms with E-state index >= 15 is 0 Å². The van der Waals surface area contributed by atoms with Crippen LogP contribution in [0.15, 0.2) is 36.4 Å². The van der Waals surface area contributed by atoms with Gasteiger partial charge in [0.25, 0.3) is 11.6 Å². The minimum Gasteiger partial charge on any atom is -0.475 e. The molecule has 0 radical (unpaired) electrons. The van der Waals surface area contributed by atoms with Crippen molar-refractivity contribution in [2.24, 2.45) is 0 Å². The molecule has 0 atom stereocenters. The summed E-state index contributed by atoms with van der Waals surface area (Å²) in [5, 5.41) is 18.9. The number of rotatable bonds is 5. The summed E-state index contributed by atoms with van der Waals surface area (Å²) in [7, 11) is 0. The van der Waals surface area contributed by atoms with Gasteiger partial charge in [-0.3, -0.25) is 9.59 Å². The normalized spacial score (nSPS) is 10.9. The van der Waals surface area contributed by atoms with Crippen molar-refractivity contribution >= 4 is 45.3 Å². The number of hydrogen-bond acceptors (Lipinski definition) is 4. The third kappa shape index (κ3) is 2.55. The molecule has 25 heavy (non-hydrogen) atoms. The molecule has 2 N–H and O–H groups in total. The van der Waals surface area contributed by atoms with E-state index < -0.39 is 23.5 Å². The van der Waals surface area contributed by atoms with E-state index in [2.05, 4.69) is 0 Å². The molecule has 0 saturated heterocycles. The lowest BCUT2D eigenvalue weighted by atomic mass is 10.0. The molecule has 7 heteroatoms. The van der Waals surface area contributed by atoms with E-state index in [-0.39, 0.29) is 11.1 Å². The third-order valence-corrected chi connectivity index (χ3v) is 4.09. The molecule has 3 aromatic rings. The van der Waals surface area contributed by atoms with Gasteiger partial charge in [0.15, 0.2) is 0 Å². The van der Waals surface area contributed by atoms with Crippen molar-refractivity contribution in [3.8, 4) is 0 Å². The molecule has 0 amide bonds. The average Bonchev–Trinajstić information content (AvgIpc) is 2.92. The first kappa shape index (κ1) is 16.4. The molecule has 1 heterocycles. The van der Waals surface area contributed by atoms with Gasteiger partial charge in [0, 0.05) is 39.5 Å². The zero-order valence-electron chi connectivity index (χ0n) is 13.1. The number of carbonyl (C=O) groups is 4. The molecule has 0 fully saturated rings. The quantitative estimate of drug-likeness (QED) is 0.545. The van der Waals surface area contributed by atoms with E-state index in [4.69, 9.17) is 10.2 Å². The summed E-state index contributed by atoms with van der Waals surface area (Å²) in [5.74, 6) is -5.17. The molecule has 0 aliphatic rings. The molecule has 0 saturated carbocycles. The van der Waals surface area contributed by atoms with Crippen LogP contribution in [0.1, 0.15) is 27.6 Å². The van der Waals surface area contributed by atoms with Crippen molar-refractivity contribution < 1.29 is 29.4 Å². The SMILES string of the molecule is CCn1c2ccc(C(=O)C(=O)O)cc2c2cc(C(=O)C(=O)O)ccc21. The van der Waals surface area contributed by atoms with Crippen molar-refractivity contribution in [2.75, 3.05) is 0 Å². The van der Waals surface area contributed by atoms with Crippen molar-refractivity contribution in [3.05, 3.63) is 47.5 Å². The lowest BCUT2D eigenvalue weighted by Gasteiger charge is -2.03. The fourth-order valence-corrected chi connectivity index (χ4v) is 2.97. The Morgan fingerprint density at radius 3 is 1.52 bits per heavy atom. The summed E-state index contributed by atoms with van der Waals surface area (Å²) in [6.07, 6.45) is 0. The highest BCUT2D eigenvalue weighted by Crippen LogP contribution is 2.31. The maximum atomic E-state index is 11.7. The Balaban J connectivity index is 2.34. The van der Waals surface area contributed by atoms with Crippen LogP contribution in [-0.2, 0) is 16.1 Å². The maximum Gasteiger partial charge on any atom is 0.377 e. The molecule has 7 nitrogen and oxygen atoms in total. The number of benzene rings is 2. The predicted octanol–water partition coefficient (Wildman–Crippen LogP) is 2.35. The van der Waals surface area contributed by atoms with Crippen LogP contribution < -0.4 is 0 Å². The van der Waals surface area contributed by atoms with Crippen LogP contribution in [0.25, 0.3) is 21.8 Å². The first-order valence-corrected chi connectivity index (χ1v) is 7.46. The number of carboxylic acid groups (broad SMARTS) is 2. The fraction of sp³-hybridized carbons (Fsp3) is 0.111. The zero-order chi connectivity index (χ0) is 18.3. The van der Waals surface area contributed by atoms with Gasteiger partial charge in [-0.2, -0.15) is 0 Å². The van der Waals surface area contributed by atoms with Crippen molar-refractivity contribution in [2.45, 2.75) is 13.5 Å². The molecule has 0 spiro atoms. The van der Waals surface area contributed by atoms with Gasteiger partial charge in [-0.05, 0) is 43.3 Å². The number of carboxylic acids is 2. The molecule has 0 bridgehead atoms. The van der Waals surface area contributed by atoms with E-state index in [1.165, 1.54) is 24.3 Å². The highest BCUT2D eigenvalue weighted by molar-refractivity contribution is 6.41. The summed E-state index contributed by atoms with van der Waals surface area (Å²) in [4.78, 5) is 45.3. The van der Waals surface area contributed by atoms with Crippen LogP contribution in [0.3, 0.4) is 0 Å². The zero-order valence-corrected chi connectivity index (χ0v) is 13.1. The van der Waals surface area contributed by atoms with Gasteiger partial charge in [-0.15, -0.1) is 0 Å². The molecule has 126 valence electrons. The van der Waals surface area contributed by atoms with E-state index in [1.54, 1.807) is 12.1 Å². The number of ketones is 2. The lowest BCUT2D eigenvalue weighted by Crippen LogP contribution is -2.12. The average molecular weight is 339 g/mol. The van der Waals surface area contributed by atoms with Gasteiger partial charge in [0.05, 0.1) is 0 Å². The third-order valence-electron chi connectivity index (χ3n) is 4.09. The Bertz CT molecular complexity index is 993. The van der Waals surface area contributed by atoms with Crippen molar-refractivity contribution in [3.63, 3.8) is 0 Å². The molecule has 3 rings (SSSR count). The number of nitrogens with zero attached hydrogens (tertiary/aromatic N) is 1. The Morgan fingerprint density at radius 2 is 1.20 bits per heavy atom. The first-order valence-electron chi connectivity index (χ1n) is 7.46. The van der Waals surface area contributed by atoms with Crippen LogP contribution in [0.4, 0.5) is 0 Å². The molecular formula is C18H13NO6. The highest BCUT2D eigenvalue weighted by atomic mass is 16.4. The second-order valence-corrected chi connectivity index (χ2v) is 5.48. The van der Waals surface area contributed by atoms with Crippen LogP contribution in [0.5, 0.6) is 0 Å². The minimum absolute atomic E-state index is 0.0186. The molecule has 0 unspecified atom stereocenters. The Hall–Kier alpha value is -3.48. The molecular weight excluding hydrogens is 326 g/mol. The standard InChI is InChI=1S/C18H13NO6/c1-2-19-13-5-3-9(15(20)17(22)23)7-11(13)12-8-10(4-6-14(12)19)16(21)18(24)25/h3-8H,2H2,1H3,(H,22,23)(H,24,25).